The van der Waals surface area contributed by atoms with Crippen LogP contribution in [0.3, 0.4) is 0 Å². The summed E-state index contributed by atoms with van der Waals surface area (Å²) in [6.07, 6.45) is 0. The first kappa shape index (κ1) is 26.5. The largest absolute Gasteiger partial charge is 0.347 e. The van der Waals surface area contributed by atoms with Crippen molar-refractivity contribution in [2.24, 2.45) is 7.05 Å². The van der Waals surface area contributed by atoms with Crippen LogP contribution in [0.25, 0.3) is 33.2 Å². The van der Waals surface area contributed by atoms with Gasteiger partial charge in [-0.25, -0.2) is 0 Å². The van der Waals surface area contributed by atoms with Crippen LogP contribution in [0, 0.1) is 0 Å². The first-order valence-corrected chi connectivity index (χ1v) is 18.4. The molecule has 0 spiro atoms. The number of hydrogen-bond acceptors (Lipinski definition) is 0. The molecule has 0 bridgehead atoms. The van der Waals surface area contributed by atoms with Gasteiger partial charge in [0.1, 0.15) is 0 Å². The van der Waals surface area contributed by atoms with Crippen LogP contribution in [0.5, 0.6) is 0 Å². The number of rotatable bonds is 2. The second-order valence-corrected chi connectivity index (χ2v) is 20.0. The van der Waals surface area contributed by atoms with Gasteiger partial charge >= 0.3 is 0 Å². The minimum Gasteiger partial charge on any atom is -0.347 e. The molecule has 2 aliphatic carbocycles. The van der Waals surface area contributed by atoms with E-state index in [9.17, 15) is 0 Å². The molecule has 2 heteroatoms. The van der Waals surface area contributed by atoms with Gasteiger partial charge in [0.05, 0.1) is 8.07 Å². The molecule has 208 valence electrons. The Labute approximate surface area is 247 Å². The van der Waals surface area contributed by atoms with E-state index < -0.39 is 8.07 Å². The number of fused-ring (bicyclic) bond motifs is 8. The smallest absolute Gasteiger partial charge is 0.0750 e. The van der Waals surface area contributed by atoms with E-state index in [1.807, 2.05) is 0 Å². The maximum absolute atomic E-state index is 2.68. The Morgan fingerprint density at radius 2 is 1.12 bits per heavy atom. The molecule has 0 amide bonds. The fourth-order valence-corrected chi connectivity index (χ4v) is 12.6. The van der Waals surface area contributed by atoms with E-state index in [2.05, 4.69) is 151 Å². The van der Waals surface area contributed by atoms with Crippen molar-refractivity contribution in [3.8, 4) is 22.3 Å². The highest BCUT2D eigenvalue weighted by atomic mass is 28.3. The van der Waals surface area contributed by atoms with Crippen LogP contribution < -0.4 is 0 Å². The first-order valence-electron chi connectivity index (χ1n) is 15.3. The molecule has 0 saturated carbocycles. The third kappa shape index (κ3) is 3.72. The first-order chi connectivity index (χ1) is 19.3. The molecule has 0 fully saturated rings. The lowest BCUT2D eigenvalue weighted by molar-refractivity contribution is 0.589. The van der Waals surface area contributed by atoms with Gasteiger partial charge < -0.3 is 4.57 Å². The van der Waals surface area contributed by atoms with Crippen molar-refractivity contribution in [3.05, 3.63) is 118 Å². The van der Waals surface area contributed by atoms with Crippen molar-refractivity contribution in [2.75, 3.05) is 0 Å². The van der Waals surface area contributed by atoms with Gasteiger partial charge in [-0.3, -0.25) is 0 Å². The van der Waals surface area contributed by atoms with Crippen LogP contribution in [0.1, 0.15) is 86.1 Å². The van der Waals surface area contributed by atoms with Crippen LogP contribution >= 0.6 is 0 Å². The fourth-order valence-electron chi connectivity index (χ4n) is 8.07. The molecule has 1 atom stereocenters. The fraction of sp³-hybridized carbons (Fsp3) is 0.333. The van der Waals surface area contributed by atoms with E-state index in [-0.39, 0.29) is 10.8 Å². The maximum Gasteiger partial charge on any atom is 0.0750 e. The summed E-state index contributed by atoms with van der Waals surface area (Å²) < 4.78 is 2.53. The third-order valence-corrected chi connectivity index (χ3v) is 14.4. The van der Waals surface area contributed by atoms with E-state index in [4.69, 9.17) is 0 Å². The van der Waals surface area contributed by atoms with E-state index in [1.54, 1.807) is 11.1 Å². The van der Waals surface area contributed by atoms with Gasteiger partial charge in [0, 0.05) is 40.3 Å². The Morgan fingerprint density at radius 3 is 1.71 bits per heavy atom. The van der Waals surface area contributed by atoms with Gasteiger partial charge in [-0.05, 0) is 61.4 Å². The SMILES string of the molecule is Cn1c2c(c3ccccc31)-c1ccccc1C2[Si](C)(C)C1c2cc(C(C)(C)C)ccc2-c2ccc(C(C)(C)C)cc21. The summed E-state index contributed by atoms with van der Waals surface area (Å²) in [6.45, 7) is 19.4. The Bertz CT molecular complexity index is 1790. The van der Waals surface area contributed by atoms with Gasteiger partial charge in [0.25, 0.3) is 0 Å². The Kier molecular flexibility index (Phi) is 5.55. The van der Waals surface area contributed by atoms with Crippen molar-refractivity contribution < 1.29 is 0 Å². The zero-order valence-electron chi connectivity index (χ0n) is 26.2. The molecule has 2 aliphatic rings. The van der Waals surface area contributed by atoms with Crippen molar-refractivity contribution in [1.82, 2.24) is 4.57 Å². The molecule has 7 rings (SSSR count). The topological polar surface area (TPSA) is 4.93 Å². The lowest BCUT2D eigenvalue weighted by Gasteiger charge is -2.39. The Hall–Kier alpha value is -3.36. The van der Waals surface area contributed by atoms with Crippen molar-refractivity contribution in [3.63, 3.8) is 0 Å². The molecule has 4 aromatic carbocycles. The summed E-state index contributed by atoms with van der Waals surface area (Å²) in [6, 6.07) is 33.1. The quantitative estimate of drug-likeness (QED) is 0.192. The number of hydrogen-bond donors (Lipinski definition) is 0. The standard InChI is InChI=1S/C39H43NSi/c1-38(2,3)24-18-20-26-27-21-19-25(39(4,5)6)23-32(27)36(31(26)22-24)41(8,9)37-29-15-11-10-14-28(29)34-30-16-12-13-17-33(30)40(7)35(34)37/h10-23,36-37H,1-9H3. The minimum absolute atomic E-state index is 0.111. The molecular formula is C39H43NSi. The van der Waals surface area contributed by atoms with Crippen LogP contribution in [0.15, 0.2) is 84.9 Å². The molecular weight excluding hydrogens is 511 g/mol. The molecule has 1 nitrogen and oxygen atoms in total. The predicted octanol–water partition coefficient (Wildman–Crippen LogP) is 10.5. The third-order valence-electron chi connectivity index (χ3n) is 10.2. The van der Waals surface area contributed by atoms with Crippen LogP contribution in [0.4, 0.5) is 0 Å². The number of para-hydroxylation sites is 1. The number of aryl methyl sites for hydroxylation is 1. The van der Waals surface area contributed by atoms with E-state index in [1.165, 1.54) is 55.5 Å². The molecule has 1 unspecified atom stereocenters. The van der Waals surface area contributed by atoms with E-state index in [0.29, 0.717) is 11.1 Å². The molecule has 0 aliphatic heterocycles. The van der Waals surface area contributed by atoms with Crippen LogP contribution in [-0.2, 0) is 17.9 Å². The number of benzene rings is 4. The zero-order valence-corrected chi connectivity index (χ0v) is 27.2. The van der Waals surface area contributed by atoms with Crippen molar-refractivity contribution in [1.29, 1.82) is 0 Å². The molecule has 41 heavy (non-hydrogen) atoms. The lowest BCUT2D eigenvalue weighted by atomic mass is 9.85. The van der Waals surface area contributed by atoms with Crippen molar-refractivity contribution >= 4 is 19.0 Å². The number of nitrogens with zero attached hydrogens (tertiary/aromatic N) is 1. The summed E-state index contributed by atoms with van der Waals surface area (Å²) in [5.41, 5.74) is 17.2. The van der Waals surface area contributed by atoms with Gasteiger partial charge in [-0.2, -0.15) is 0 Å². The average molecular weight is 554 g/mol. The summed E-state index contributed by atoms with van der Waals surface area (Å²) in [4.78, 5) is 0. The van der Waals surface area contributed by atoms with Gasteiger partial charge in [-0.1, -0.05) is 133 Å². The molecule has 0 saturated heterocycles. The van der Waals surface area contributed by atoms with Crippen molar-refractivity contribution in [2.45, 2.75) is 76.5 Å². The normalized spacial score (nSPS) is 16.6. The summed E-state index contributed by atoms with van der Waals surface area (Å²) in [5, 5.41) is 1.39. The highest BCUT2D eigenvalue weighted by molar-refractivity contribution is 6.82. The zero-order chi connectivity index (χ0) is 29.1. The van der Waals surface area contributed by atoms with Crippen LogP contribution in [0.2, 0.25) is 13.1 Å². The maximum atomic E-state index is 2.68. The minimum atomic E-state index is -2.12. The summed E-state index contributed by atoms with van der Waals surface area (Å²) >= 11 is 0. The summed E-state index contributed by atoms with van der Waals surface area (Å²) in [7, 11) is 0.181. The molecule has 0 N–H and O–H groups in total. The summed E-state index contributed by atoms with van der Waals surface area (Å²) in [5.74, 6) is 0. The van der Waals surface area contributed by atoms with E-state index in [0.717, 1.165) is 0 Å². The second-order valence-electron chi connectivity index (χ2n) is 15.2. The highest BCUT2D eigenvalue weighted by Crippen LogP contribution is 2.59. The number of aromatic nitrogens is 1. The molecule has 0 radical (unpaired) electrons. The molecule has 1 heterocycles. The molecule has 5 aromatic rings. The van der Waals surface area contributed by atoms with Gasteiger partial charge in [-0.15, -0.1) is 0 Å². The second kappa shape index (κ2) is 8.58. The average Bonchev–Trinajstić information content (AvgIpc) is 3.54. The van der Waals surface area contributed by atoms with Crippen LogP contribution in [-0.4, -0.2) is 12.6 Å². The molecule has 1 aromatic heterocycles. The highest BCUT2D eigenvalue weighted by Gasteiger charge is 2.51. The monoisotopic (exact) mass is 553 g/mol. The van der Waals surface area contributed by atoms with Gasteiger partial charge in [0.2, 0.25) is 0 Å². The van der Waals surface area contributed by atoms with Gasteiger partial charge in [0.15, 0.2) is 0 Å². The predicted molar refractivity (Wildman–Crippen MR) is 179 cm³/mol. The van der Waals surface area contributed by atoms with E-state index >= 15 is 0 Å². The lowest BCUT2D eigenvalue weighted by Crippen LogP contribution is -2.43. The Morgan fingerprint density at radius 1 is 0.585 bits per heavy atom. The Balaban J connectivity index is 1.52.